The molecule has 20 heavy (non-hydrogen) atoms. The summed E-state index contributed by atoms with van der Waals surface area (Å²) in [6.45, 7) is 5.95. The van der Waals surface area contributed by atoms with Gasteiger partial charge in [0.25, 0.3) is 0 Å². The fourth-order valence-electron chi connectivity index (χ4n) is 1.33. The molecule has 0 radical (unpaired) electrons. The number of aliphatic hydroxyl groups is 1. The number of aliphatic hydroxyl groups excluding tert-OH is 1. The molecule has 0 saturated heterocycles. The summed E-state index contributed by atoms with van der Waals surface area (Å²) in [5.74, 6) is 5.62. The molecule has 0 spiro atoms. The van der Waals surface area contributed by atoms with Crippen molar-refractivity contribution in [3.8, 4) is 11.8 Å². The Bertz CT molecular complexity index is 541. The molecule has 0 fully saturated rings. The van der Waals surface area contributed by atoms with E-state index in [4.69, 9.17) is 16.7 Å². The molecule has 1 aromatic rings. The van der Waals surface area contributed by atoms with Gasteiger partial charge < -0.3 is 10.4 Å². The standard InChI is InChI=1S/C15H18ClNO2S/c1-15(2,3)20-10-14(19)17-13-7-6-12(16)9-11(13)5-4-8-18/h6-7,9,18H,8,10H2,1-3H3,(H,17,19). The van der Waals surface area contributed by atoms with Crippen molar-refractivity contribution in [1.82, 2.24) is 0 Å². The molecule has 1 rings (SSSR count). The van der Waals surface area contributed by atoms with Gasteiger partial charge in [0.15, 0.2) is 0 Å². The fraction of sp³-hybridized carbons (Fsp3) is 0.400. The van der Waals surface area contributed by atoms with Crippen LogP contribution in [0.3, 0.4) is 0 Å². The Kier molecular flexibility index (Phi) is 6.41. The van der Waals surface area contributed by atoms with Crippen LogP contribution in [0.5, 0.6) is 0 Å². The number of amides is 1. The molecule has 0 aliphatic heterocycles. The van der Waals surface area contributed by atoms with Gasteiger partial charge in [0.05, 0.1) is 11.4 Å². The molecule has 0 unspecified atom stereocenters. The highest BCUT2D eigenvalue weighted by atomic mass is 35.5. The molecular weight excluding hydrogens is 294 g/mol. The van der Waals surface area contributed by atoms with E-state index in [0.717, 1.165) is 0 Å². The lowest BCUT2D eigenvalue weighted by molar-refractivity contribution is -0.113. The molecule has 2 N–H and O–H groups in total. The highest BCUT2D eigenvalue weighted by Crippen LogP contribution is 2.24. The van der Waals surface area contributed by atoms with Gasteiger partial charge in [0.1, 0.15) is 6.61 Å². The Morgan fingerprint density at radius 1 is 1.45 bits per heavy atom. The molecule has 108 valence electrons. The van der Waals surface area contributed by atoms with Gasteiger partial charge >= 0.3 is 0 Å². The van der Waals surface area contributed by atoms with Crippen molar-refractivity contribution in [2.24, 2.45) is 0 Å². The minimum absolute atomic E-state index is 0.0386. The van der Waals surface area contributed by atoms with Crippen LogP contribution in [0.15, 0.2) is 18.2 Å². The van der Waals surface area contributed by atoms with Crippen LogP contribution in [0.25, 0.3) is 0 Å². The van der Waals surface area contributed by atoms with Gasteiger partial charge in [-0.25, -0.2) is 0 Å². The Morgan fingerprint density at radius 3 is 2.75 bits per heavy atom. The largest absolute Gasteiger partial charge is 0.384 e. The molecule has 0 aliphatic rings. The minimum Gasteiger partial charge on any atom is -0.384 e. The van der Waals surface area contributed by atoms with Crippen molar-refractivity contribution in [3.63, 3.8) is 0 Å². The maximum Gasteiger partial charge on any atom is 0.234 e. The number of carbonyl (C=O) groups excluding carboxylic acids is 1. The molecule has 3 nitrogen and oxygen atoms in total. The second-order valence-electron chi connectivity index (χ2n) is 5.10. The number of benzene rings is 1. The SMILES string of the molecule is CC(C)(C)SCC(=O)Nc1ccc(Cl)cc1C#CCO. The van der Waals surface area contributed by atoms with E-state index < -0.39 is 0 Å². The molecule has 1 amide bonds. The number of thioether (sulfide) groups is 1. The molecule has 1 aromatic carbocycles. The van der Waals surface area contributed by atoms with E-state index in [-0.39, 0.29) is 17.3 Å². The van der Waals surface area contributed by atoms with E-state index in [1.165, 1.54) is 0 Å². The zero-order chi connectivity index (χ0) is 15.2. The first kappa shape index (κ1) is 16.9. The lowest BCUT2D eigenvalue weighted by Crippen LogP contribution is -2.19. The lowest BCUT2D eigenvalue weighted by atomic mass is 10.2. The summed E-state index contributed by atoms with van der Waals surface area (Å²) in [6, 6.07) is 5.07. The average molecular weight is 312 g/mol. The first-order valence-corrected chi connectivity index (χ1v) is 7.51. The van der Waals surface area contributed by atoms with E-state index >= 15 is 0 Å². The third kappa shape index (κ3) is 6.33. The Hall–Kier alpha value is -1.15. The Morgan fingerprint density at radius 2 is 2.15 bits per heavy atom. The van der Waals surface area contributed by atoms with Crippen molar-refractivity contribution >= 4 is 35.0 Å². The average Bonchev–Trinajstić information content (AvgIpc) is 2.36. The maximum atomic E-state index is 11.9. The molecule has 0 aliphatic carbocycles. The smallest absolute Gasteiger partial charge is 0.234 e. The molecular formula is C15H18ClNO2S. The summed E-state index contributed by atoms with van der Waals surface area (Å²) in [7, 11) is 0. The van der Waals surface area contributed by atoms with Gasteiger partial charge in [-0.15, -0.1) is 11.8 Å². The highest BCUT2D eigenvalue weighted by Gasteiger charge is 2.14. The Balaban J connectivity index is 2.79. The van der Waals surface area contributed by atoms with Crippen LogP contribution < -0.4 is 5.32 Å². The first-order valence-electron chi connectivity index (χ1n) is 6.15. The third-order valence-corrected chi connectivity index (χ3v) is 3.70. The minimum atomic E-state index is -0.236. The van der Waals surface area contributed by atoms with Crippen molar-refractivity contribution in [2.45, 2.75) is 25.5 Å². The predicted octanol–water partition coefficient (Wildman–Crippen LogP) is 3.15. The van der Waals surface area contributed by atoms with Gasteiger partial charge in [-0.2, -0.15) is 0 Å². The van der Waals surface area contributed by atoms with E-state index in [2.05, 4.69) is 37.9 Å². The zero-order valence-corrected chi connectivity index (χ0v) is 13.4. The number of hydrogen-bond donors (Lipinski definition) is 2. The number of anilines is 1. The molecule has 0 bridgehead atoms. The second-order valence-corrected chi connectivity index (χ2v) is 7.34. The summed E-state index contributed by atoms with van der Waals surface area (Å²) in [6.07, 6.45) is 0. The van der Waals surface area contributed by atoms with Crippen LogP contribution in [-0.4, -0.2) is 28.1 Å². The van der Waals surface area contributed by atoms with Crippen LogP contribution in [0, 0.1) is 11.8 Å². The van der Waals surface area contributed by atoms with E-state index in [1.54, 1.807) is 30.0 Å². The lowest BCUT2D eigenvalue weighted by Gasteiger charge is -2.17. The van der Waals surface area contributed by atoms with Crippen LogP contribution in [-0.2, 0) is 4.79 Å². The van der Waals surface area contributed by atoms with E-state index in [9.17, 15) is 4.79 Å². The number of halogens is 1. The van der Waals surface area contributed by atoms with Crippen molar-refractivity contribution in [1.29, 1.82) is 0 Å². The molecule has 5 heteroatoms. The number of rotatable bonds is 3. The van der Waals surface area contributed by atoms with Crippen LogP contribution in [0.4, 0.5) is 5.69 Å². The summed E-state index contributed by atoms with van der Waals surface area (Å²) < 4.78 is 0.0386. The Labute approximate surface area is 129 Å². The molecule has 0 atom stereocenters. The van der Waals surface area contributed by atoms with Crippen molar-refractivity contribution in [2.75, 3.05) is 17.7 Å². The summed E-state index contributed by atoms with van der Waals surface area (Å²) >= 11 is 7.48. The van der Waals surface area contributed by atoms with Gasteiger partial charge in [-0.3, -0.25) is 4.79 Å². The highest BCUT2D eigenvalue weighted by molar-refractivity contribution is 8.01. The number of nitrogens with one attached hydrogen (secondary N) is 1. The molecule has 0 aromatic heterocycles. The monoisotopic (exact) mass is 311 g/mol. The quantitative estimate of drug-likeness (QED) is 0.843. The third-order valence-electron chi connectivity index (χ3n) is 2.19. The number of carbonyl (C=O) groups is 1. The predicted molar refractivity (Wildman–Crippen MR) is 86.3 cm³/mol. The summed E-state index contributed by atoms with van der Waals surface area (Å²) in [5, 5.41) is 12.1. The first-order chi connectivity index (χ1) is 9.31. The topological polar surface area (TPSA) is 49.3 Å². The van der Waals surface area contributed by atoms with Gasteiger partial charge in [-0.05, 0) is 18.2 Å². The normalized spacial score (nSPS) is 10.7. The summed E-state index contributed by atoms with van der Waals surface area (Å²) in [4.78, 5) is 11.9. The van der Waals surface area contributed by atoms with Gasteiger partial charge in [0, 0.05) is 15.3 Å². The molecule has 0 saturated carbocycles. The number of hydrogen-bond acceptors (Lipinski definition) is 3. The van der Waals surface area contributed by atoms with E-state index in [1.807, 2.05) is 0 Å². The van der Waals surface area contributed by atoms with Crippen molar-refractivity contribution in [3.05, 3.63) is 28.8 Å². The zero-order valence-electron chi connectivity index (χ0n) is 11.8. The second kappa shape index (κ2) is 7.58. The van der Waals surface area contributed by atoms with Crippen molar-refractivity contribution < 1.29 is 9.90 Å². The van der Waals surface area contributed by atoms with Gasteiger partial charge in [-0.1, -0.05) is 44.2 Å². The van der Waals surface area contributed by atoms with E-state index in [0.29, 0.717) is 22.0 Å². The maximum absolute atomic E-state index is 11.9. The van der Waals surface area contributed by atoms with Crippen LogP contribution in [0.1, 0.15) is 26.3 Å². The summed E-state index contributed by atoms with van der Waals surface area (Å²) in [5.41, 5.74) is 1.20. The molecule has 0 heterocycles. The van der Waals surface area contributed by atoms with Gasteiger partial charge in [0.2, 0.25) is 5.91 Å². The van der Waals surface area contributed by atoms with Crippen LogP contribution in [0.2, 0.25) is 5.02 Å². The van der Waals surface area contributed by atoms with Crippen LogP contribution >= 0.6 is 23.4 Å². The fourth-order valence-corrected chi connectivity index (χ4v) is 2.14.